The van der Waals surface area contributed by atoms with Gasteiger partial charge in [-0.1, -0.05) is 6.08 Å². The highest BCUT2D eigenvalue weighted by Crippen LogP contribution is 2.05. The van der Waals surface area contributed by atoms with Crippen LogP contribution in [0.4, 0.5) is 0 Å². The Morgan fingerprint density at radius 3 is 2.90 bits per heavy atom. The van der Waals surface area contributed by atoms with Gasteiger partial charge in [-0.15, -0.1) is 6.58 Å². The van der Waals surface area contributed by atoms with E-state index < -0.39 is 0 Å². The summed E-state index contributed by atoms with van der Waals surface area (Å²) < 4.78 is 0. The fraction of sp³-hybridized carbons (Fsp3) is 0.625. The summed E-state index contributed by atoms with van der Waals surface area (Å²) in [7, 11) is 0. The number of unbranched alkanes of at least 4 members (excludes halogenated alkanes) is 1. The van der Waals surface area contributed by atoms with Crippen molar-refractivity contribution in [3.05, 3.63) is 12.7 Å². The third kappa shape index (κ3) is 7.58. The Hall–Kier alpha value is -0.420. The van der Waals surface area contributed by atoms with Gasteiger partial charge in [0.2, 0.25) is 0 Å². The molecule has 0 saturated carbocycles. The molecular weight excluding hydrogens is 142 g/mol. The Bertz CT molecular complexity index is 115. The number of nitriles is 1. The molecule has 10 heavy (non-hydrogen) atoms. The highest BCUT2D eigenvalue weighted by molar-refractivity contribution is 7.99. The van der Waals surface area contributed by atoms with Gasteiger partial charge in [-0.3, -0.25) is 0 Å². The monoisotopic (exact) mass is 155 g/mol. The number of hydrogen-bond acceptors (Lipinski definition) is 2. The van der Waals surface area contributed by atoms with Crippen LogP contribution >= 0.6 is 11.8 Å². The predicted octanol–water partition coefficient (Wildman–Crippen LogP) is 2.60. The van der Waals surface area contributed by atoms with Gasteiger partial charge >= 0.3 is 0 Å². The number of hydrogen-bond donors (Lipinski definition) is 0. The maximum Gasteiger partial charge on any atom is 0.0622 e. The summed E-state index contributed by atoms with van der Waals surface area (Å²) >= 11 is 1.90. The van der Waals surface area contributed by atoms with Crippen LogP contribution in [0.2, 0.25) is 0 Å². The topological polar surface area (TPSA) is 23.8 Å². The van der Waals surface area contributed by atoms with Crippen molar-refractivity contribution in [1.29, 1.82) is 5.26 Å². The molecular formula is C8H13NS. The lowest BCUT2D eigenvalue weighted by Gasteiger charge is -1.94. The van der Waals surface area contributed by atoms with Crippen molar-refractivity contribution in [2.24, 2.45) is 0 Å². The summed E-state index contributed by atoms with van der Waals surface area (Å²) in [5, 5.41) is 8.19. The van der Waals surface area contributed by atoms with Crippen molar-refractivity contribution in [3.63, 3.8) is 0 Å². The van der Waals surface area contributed by atoms with Gasteiger partial charge in [-0.25, -0.2) is 0 Å². The lowest BCUT2D eigenvalue weighted by Crippen LogP contribution is -1.80. The molecule has 0 bridgehead atoms. The zero-order chi connectivity index (χ0) is 7.66. The van der Waals surface area contributed by atoms with Crippen molar-refractivity contribution in [2.75, 3.05) is 11.5 Å². The molecule has 1 nitrogen and oxygen atoms in total. The van der Waals surface area contributed by atoms with Crippen LogP contribution in [0.1, 0.15) is 19.3 Å². The second-order valence-electron chi connectivity index (χ2n) is 1.95. The average Bonchev–Trinajstić information content (AvgIpc) is 1.97. The molecule has 0 amide bonds. The molecule has 0 unspecified atom stereocenters. The molecule has 0 radical (unpaired) electrons. The highest BCUT2D eigenvalue weighted by atomic mass is 32.2. The van der Waals surface area contributed by atoms with Crippen LogP contribution in [0.5, 0.6) is 0 Å². The van der Waals surface area contributed by atoms with Gasteiger partial charge < -0.3 is 0 Å². The number of thioether (sulfide) groups is 1. The first-order chi connectivity index (χ1) is 4.91. The first-order valence-corrected chi connectivity index (χ1v) is 4.63. The minimum absolute atomic E-state index is 0.696. The Morgan fingerprint density at radius 2 is 2.30 bits per heavy atom. The standard InChI is InChI=1S/C8H13NS/c1-2-3-7-10-8-5-4-6-9/h2H,1,3-5,7-8H2. The molecule has 2 heteroatoms. The van der Waals surface area contributed by atoms with E-state index >= 15 is 0 Å². The number of allylic oxidation sites excluding steroid dienone is 1. The van der Waals surface area contributed by atoms with E-state index in [1.54, 1.807) is 0 Å². The molecule has 0 N–H and O–H groups in total. The molecule has 0 spiro atoms. The zero-order valence-corrected chi connectivity index (χ0v) is 6.99. The minimum Gasteiger partial charge on any atom is -0.198 e. The van der Waals surface area contributed by atoms with Gasteiger partial charge in [0.1, 0.15) is 0 Å². The molecule has 0 aliphatic carbocycles. The largest absolute Gasteiger partial charge is 0.198 e. The maximum absolute atomic E-state index is 8.19. The maximum atomic E-state index is 8.19. The lowest BCUT2D eigenvalue weighted by atomic mass is 10.4. The molecule has 0 heterocycles. The smallest absolute Gasteiger partial charge is 0.0622 e. The van der Waals surface area contributed by atoms with Crippen molar-refractivity contribution in [3.8, 4) is 6.07 Å². The molecule has 0 rings (SSSR count). The van der Waals surface area contributed by atoms with E-state index in [2.05, 4.69) is 12.6 Å². The number of nitrogens with zero attached hydrogens (tertiary/aromatic N) is 1. The number of rotatable bonds is 6. The van der Waals surface area contributed by atoms with Crippen LogP contribution in [0.15, 0.2) is 12.7 Å². The van der Waals surface area contributed by atoms with Crippen LogP contribution in [-0.4, -0.2) is 11.5 Å². The van der Waals surface area contributed by atoms with Gasteiger partial charge in [-0.2, -0.15) is 17.0 Å². The molecule has 0 aliphatic rings. The van der Waals surface area contributed by atoms with E-state index in [1.165, 1.54) is 0 Å². The Morgan fingerprint density at radius 1 is 1.50 bits per heavy atom. The van der Waals surface area contributed by atoms with Crippen LogP contribution in [0.25, 0.3) is 0 Å². The first-order valence-electron chi connectivity index (χ1n) is 3.47. The van der Waals surface area contributed by atoms with Crippen LogP contribution < -0.4 is 0 Å². The normalized spacial score (nSPS) is 8.70. The lowest BCUT2D eigenvalue weighted by molar-refractivity contribution is 0.980. The average molecular weight is 155 g/mol. The molecule has 0 fully saturated rings. The SMILES string of the molecule is C=CCCSCCCC#N. The fourth-order valence-electron chi connectivity index (χ4n) is 0.522. The predicted molar refractivity (Wildman–Crippen MR) is 47.0 cm³/mol. The molecule has 56 valence electrons. The van der Waals surface area contributed by atoms with Crippen LogP contribution in [0, 0.1) is 11.3 Å². The molecule has 0 saturated heterocycles. The molecule has 0 aromatic carbocycles. The minimum atomic E-state index is 0.696. The van der Waals surface area contributed by atoms with E-state index in [9.17, 15) is 0 Å². The first kappa shape index (κ1) is 9.58. The summed E-state index contributed by atoms with van der Waals surface area (Å²) in [6.07, 6.45) is 4.73. The highest BCUT2D eigenvalue weighted by Gasteiger charge is 1.86. The van der Waals surface area contributed by atoms with Gasteiger partial charge in [0, 0.05) is 6.42 Å². The second kappa shape index (κ2) is 8.58. The van der Waals surface area contributed by atoms with E-state index in [0.29, 0.717) is 6.42 Å². The van der Waals surface area contributed by atoms with E-state index in [1.807, 2.05) is 17.8 Å². The van der Waals surface area contributed by atoms with E-state index in [4.69, 9.17) is 5.26 Å². The van der Waals surface area contributed by atoms with Gasteiger partial charge in [0.25, 0.3) is 0 Å². The Balaban J connectivity index is 2.78. The Kier molecular flexibility index (Phi) is 8.22. The van der Waals surface area contributed by atoms with Gasteiger partial charge in [0.15, 0.2) is 0 Å². The molecule has 0 atom stereocenters. The zero-order valence-electron chi connectivity index (χ0n) is 6.18. The van der Waals surface area contributed by atoms with Gasteiger partial charge in [0.05, 0.1) is 6.07 Å². The summed E-state index contributed by atoms with van der Waals surface area (Å²) in [6, 6.07) is 2.13. The van der Waals surface area contributed by atoms with Crippen LogP contribution in [-0.2, 0) is 0 Å². The second-order valence-corrected chi connectivity index (χ2v) is 3.18. The summed E-state index contributed by atoms with van der Waals surface area (Å²) in [5.41, 5.74) is 0. The third-order valence-corrected chi connectivity index (χ3v) is 2.15. The summed E-state index contributed by atoms with van der Waals surface area (Å²) in [4.78, 5) is 0. The van der Waals surface area contributed by atoms with Crippen molar-refractivity contribution in [1.82, 2.24) is 0 Å². The van der Waals surface area contributed by atoms with Crippen molar-refractivity contribution >= 4 is 11.8 Å². The van der Waals surface area contributed by atoms with Crippen molar-refractivity contribution < 1.29 is 0 Å². The quantitative estimate of drug-likeness (QED) is 0.435. The van der Waals surface area contributed by atoms with Gasteiger partial charge in [-0.05, 0) is 24.3 Å². The molecule has 0 aromatic rings. The summed E-state index contributed by atoms with van der Waals surface area (Å²) in [5.74, 6) is 2.26. The molecule has 0 aliphatic heterocycles. The van der Waals surface area contributed by atoms with E-state index in [0.717, 1.165) is 24.3 Å². The summed E-state index contributed by atoms with van der Waals surface area (Å²) in [6.45, 7) is 3.63. The third-order valence-electron chi connectivity index (χ3n) is 1.04. The Labute approximate surface area is 67.1 Å². The fourth-order valence-corrected chi connectivity index (χ4v) is 1.41. The molecule has 0 aromatic heterocycles. The van der Waals surface area contributed by atoms with E-state index in [-0.39, 0.29) is 0 Å². The van der Waals surface area contributed by atoms with Crippen molar-refractivity contribution in [2.45, 2.75) is 19.3 Å². The van der Waals surface area contributed by atoms with Crippen LogP contribution in [0.3, 0.4) is 0 Å².